The van der Waals surface area contributed by atoms with Crippen molar-refractivity contribution in [2.45, 2.75) is 44.6 Å². The Morgan fingerprint density at radius 2 is 1.74 bits per heavy atom. The van der Waals surface area contributed by atoms with Crippen LogP contribution in [0.5, 0.6) is 0 Å². The third-order valence-electron chi connectivity index (χ3n) is 5.86. The van der Waals surface area contributed by atoms with Gasteiger partial charge >= 0.3 is 5.97 Å². The van der Waals surface area contributed by atoms with E-state index >= 15 is 0 Å². The maximum absolute atomic E-state index is 12.6. The summed E-state index contributed by atoms with van der Waals surface area (Å²) in [6, 6.07) is 8.41. The molecule has 27 heavy (non-hydrogen) atoms. The lowest BCUT2D eigenvalue weighted by molar-refractivity contribution is -0.152. The highest BCUT2D eigenvalue weighted by molar-refractivity contribution is 5.89. The maximum atomic E-state index is 12.6. The molecule has 148 valence electrons. The number of carbonyl (C=O) groups excluding carboxylic acids is 2. The number of carbonyl (C=O) groups is 2. The second-order valence-corrected chi connectivity index (χ2v) is 7.73. The number of piperazine rings is 1. The molecule has 1 N–H and O–H groups in total. The molecule has 3 rings (SSSR count). The fourth-order valence-corrected chi connectivity index (χ4v) is 4.31. The van der Waals surface area contributed by atoms with Gasteiger partial charge in [-0.2, -0.15) is 0 Å². The van der Waals surface area contributed by atoms with Crippen molar-refractivity contribution in [2.24, 2.45) is 0 Å². The second kappa shape index (κ2) is 8.74. The first kappa shape index (κ1) is 19.7. The van der Waals surface area contributed by atoms with Crippen molar-refractivity contribution in [3.05, 3.63) is 29.8 Å². The van der Waals surface area contributed by atoms with Gasteiger partial charge in [0, 0.05) is 31.9 Å². The van der Waals surface area contributed by atoms with Crippen LogP contribution in [0.15, 0.2) is 24.3 Å². The van der Waals surface area contributed by atoms with Gasteiger partial charge in [-0.3, -0.25) is 9.69 Å². The Kier molecular flexibility index (Phi) is 6.37. The van der Waals surface area contributed by atoms with Crippen molar-refractivity contribution in [3.8, 4) is 0 Å². The van der Waals surface area contributed by atoms with E-state index in [9.17, 15) is 9.59 Å². The summed E-state index contributed by atoms with van der Waals surface area (Å²) in [6.45, 7) is 5.95. The van der Waals surface area contributed by atoms with Gasteiger partial charge in [0.25, 0.3) is 0 Å². The molecule has 1 amide bonds. The number of hydrogen-bond donors (Lipinski definition) is 1. The lowest BCUT2D eigenvalue weighted by Gasteiger charge is -2.38. The Morgan fingerprint density at radius 3 is 2.37 bits per heavy atom. The van der Waals surface area contributed by atoms with E-state index in [1.54, 1.807) is 0 Å². The molecule has 0 aromatic heterocycles. The van der Waals surface area contributed by atoms with Crippen LogP contribution in [0.25, 0.3) is 0 Å². The number of methoxy groups -OCH3 is 1. The number of hydrogen-bond acceptors (Lipinski definition) is 5. The lowest BCUT2D eigenvalue weighted by atomic mass is 9.81. The molecule has 1 heterocycles. The fourth-order valence-electron chi connectivity index (χ4n) is 4.31. The van der Waals surface area contributed by atoms with Crippen LogP contribution in [-0.2, 0) is 14.3 Å². The number of para-hydroxylation sites is 1. The van der Waals surface area contributed by atoms with Gasteiger partial charge in [-0.25, -0.2) is 4.79 Å². The average molecular weight is 373 g/mol. The normalized spacial score (nSPS) is 20.1. The molecule has 0 unspecified atom stereocenters. The van der Waals surface area contributed by atoms with Crippen LogP contribution in [0, 0.1) is 6.92 Å². The Bertz CT molecular complexity index is 662. The largest absolute Gasteiger partial charge is 0.467 e. The summed E-state index contributed by atoms with van der Waals surface area (Å²) in [5.74, 6) is -0.383. The molecule has 2 aliphatic rings. The van der Waals surface area contributed by atoms with Gasteiger partial charge in [-0.05, 0) is 31.4 Å². The van der Waals surface area contributed by atoms with E-state index < -0.39 is 5.54 Å². The van der Waals surface area contributed by atoms with Gasteiger partial charge in [0.15, 0.2) is 0 Å². The van der Waals surface area contributed by atoms with Crippen molar-refractivity contribution in [2.75, 3.05) is 44.7 Å². The fraction of sp³-hybridized carbons (Fsp3) is 0.619. The van der Waals surface area contributed by atoms with E-state index in [0.717, 1.165) is 45.4 Å². The van der Waals surface area contributed by atoms with E-state index in [0.29, 0.717) is 19.4 Å². The minimum Gasteiger partial charge on any atom is -0.467 e. The molecule has 0 bridgehead atoms. The number of nitrogens with zero attached hydrogens (tertiary/aromatic N) is 2. The van der Waals surface area contributed by atoms with Crippen molar-refractivity contribution >= 4 is 17.6 Å². The number of nitrogens with one attached hydrogen (secondary N) is 1. The maximum Gasteiger partial charge on any atom is 0.331 e. The molecule has 1 aliphatic heterocycles. The molecular formula is C21H31N3O3. The Hall–Kier alpha value is -2.08. The first-order valence-electron chi connectivity index (χ1n) is 9.96. The van der Waals surface area contributed by atoms with Gasteiger partial charge in [0.05, 0.1) is 13.7 Å². The Labute approximate surface area is 161 Å². The lowest BCUT2D eigenvalue weighted by Crippen LogP contribution is -2.58. The first-order chi connectivity index (χ1) is 13.0. The zero-order valence-electron chi connectivity index (χ0n) is 16.5. The summed E-state index contributed by atoms with van der Waals surface area (Å²) in [7, 11) is 1.40. The second-order valence-electron chi connectivity index (χ2n) is 7.73. The van der Waals surface area contributed by atoms with Crippen LogP contribution in [0.4, 0.5) is 5.69 Å². The van der Waals surface area contributed by atoms with Crippen molar-refractivity contribution in [1.29, 1.82) is 0 Å². The van der Waals surface area contributed by atoms with E-state index in [1.165, 1.54) is 18.4 Å². The third-order valence-corrected chi connectivity index (χ3v) is 5.86. The molecule has 1 aromatic carbocycles. The number of ether oxygens (including phenoxy) is 1. The summed E-state index contributed by atoms with van der Waals surface area (Å²) in [4.78, 5) is 29.5. The van der Waals surface area contributed by atoms with Crippen LogP contribution in [-0.4, -0.2) is 62.1 Å². The summed E-state index contributed by atoms with van der Waals surface area (Å²) in [6.07, 6.45) is 4.35. The number of anilines is 1. The van der Waals surface area contributed by atoms with Crippen molar-refractivity contribution in [1.82, 2.24) is 10.2 Å². The van der Waals surface area contributed by atoms with Gasteiger partial charge < -0.3 is 15.0 Å². The monoisotopic (exact) mass is 373 g/mol. The van der Waals surface area contributed by atoms with E-state index in [2.05, 4.69) is 46.3 Å². The molecule has 1 aromatic rings. The van der Waals surface area contributed by atoms with Crippen molar-refractivity contribution in [3.63, 3.8) is 0 Å². The number of rotatable bonds is 5. The summed E-state index contributed by atoms with van der Waals surface area (Å²) < 4.78 is 4.98. The van der Waals surface area contributed by atoms with Gasteiger partial charge in [-0.1, -0.05) is 37.5 Å². The standard InChI is InChI=1S/C21H31N3O3/c1-17-8-4-5-9-18(17)24-14-12-23(13-15-24)16-19(25)22-21(20(26)27-2)10-6-3-7-11-21/h4-5,8-9H,3,6-7,10-16H2,1-2H3,(H,22,25). The van der Waals surface area contributed by atoms with Crippen LogP contribution >= 0.6 is 0 Å². The topological polar surface area (TPSA) is 61.9 Å². The summed E-state index contributed by atoms with van der Waals surface area (Å²) in [5.41, 5.74) is 1.72. The highest BCUT2D eigenvalue weighted by atomic mass is 16.5. The molecule has 6 heteroatoms. The molecule has 6 nitrogen and oxygen atoms in total. The van der Waals surface area contributed by atoms with E-state index in [4.69, 9.17) is 4.74 Å². The number of esters is 1. The summed E-state index contributed by atoms with van der Waals surface area (Å²) in [5, 5.41) is 3.01. The zero-order valence-corrected chi connectivity index (χ0v) is 16.5. The molecule has 1 aliphatic carbocycles. The van der Waals surface area contributed by atoms with Gasteiger partial charge in [0.1, 0.15) is 5.54 Å². The number of amides is 1. The molecule has 1 saturated heterocycles. The summed E-state index contributed by atoms with van der Waals surface area (Å²) >= 11 is 0. The Morgan fingerprint density at radius 1 is 1.07 bits per heavy atom. The SMILES string of the molecule is COC(=O)C1(NC(=O)CN2CCN(c3ccccc3C)CC2)CCCCC1. The smallest absolute Gasteiger partial charge is 0.331 e. The van der Waals surface area contributed by atoms with E-state index in [1.807, 2.05) is 0 Å². The molecule has 0 atom stereocenters. The number of benzene rings is 1. The van der Waals surface area contributed by atoms with Crippen LogP contribution in [0.3, 0.4) is 0 Å². The number of aryl methyl sites for hydroxylation is 1. The minimum atomic E-state index is -0.826. The van der Waals surface area contributed by atoms with Crippen LogP contribution in [0.1, 0.15) is 37.7 Å². The van der Waals surface area contributed by atoms with E-state index in [-0.39, 0.29) is 11.9 Å². The molecular weight excluding hydrogens is 342 g/mol. The molecule has 2 fully saturated rings. The average Bonchev–Trinajstić information content (AvgIpc) is 2.69. The third kappa shape index (κ3) is 4.61. The Balaban J connectivity index is 1.53. The minimum absolute atomic E-state index is 0.0772. The van der Waals surface area contributed by atoms with Gasteiger partial charge in [0.2, 0.25) is 5.91 Å². The van der Waals surface area contributed by atoms with Crippen LogP contribution < -0.4 is 10.2 Å². The molecule has 1 saturated carbocycles. The molecule has 0 radical (unpaired) electrons. The predicted octanol–water partition coefficient (Wildman–Crippen LogP) is 2.11. The van der Waals surface area contributed by atoms with Crippen LogP contribution in [0.2, 0.25) is 0 Å². The predicted molar refractivity (Wildman–Crippen MR) is 106 cm³/mol. The highest BCUT2D eigenvalue weighted by Crippen LogP contribution is 2.29. The van der Waals surface area contributed by atoms with Crippen molar-refractivity contribution < 1.29 is 14.3 Å². The van der Waals surface area contributed by atoms with Gasteiger partial charge in [-0.15, -0.1) is 0 Å². The first-order valence-corrected chi connectivity index (χ1v) is 9.96. The quantitative estimate of drug-likeness (QED) is 0.801. The highest BCUT2D eigenvalue weighted by Gasteiger charge is 2.42. The molecule has 0 spiro atoms. The zero-order chi connectivity index (χ0) is 19.3.